The fraction of sp³-hybridized carbons (Fsp3) is 0.750. The Labute approximate surface area is 76.7 Å². The number of piperidine rings is 1. The Morgan fingerprint density at radius 3 is 2.15 bits per heavy atom. The topological polar surface area (TPSA) is 3.24 Å². The van der Waals surface area contributed by atoms with Gasteiger partial charge in [0.15, 0.2) is 0 Å². The van der Waals surface area contributed by atoms with E-state index in [1.807, 2.05) is 4.90 Å². The summed E-state index contributed by atoms with van der Waals surface area (Å²) in [7, 11) is 0. The largest absolute Gasteiger partial charge is 0.506 e. The van der Waals surface area contributed by atoms with Crippen molar-refractivity contribution in [2.24, 2.45) is 0 Å². The van der Waals surface area contributed by atoms with Crippen LogP contribution in [0, 0.1) is 0 Å². The number of likely N-dealkylation sites (tertiary alicyclic amines) is 1. The van der Waals surface area contributed by atoms with E-state index in [2.05, 4.69) is 6.58 Å². The van der Waals surface area contributed by atoms with Gasteiger partial charge in [-0.3, -0.25) is 0 Å². The van der Waals surface area contributed by atoms with E-state index in [1.165, 1.54) is 0 Å². The highest BCUT2D eigenvalue weighted by atomic mass is 19.4. The highest BCUT2D eigenvalue weighted by Gasteiger charge is 2.27. The molecule has 1 aliphatic rings. The molecule has 0 atom stereocenters. The van der Waals surface area contributed by atoms with Crippen LogP contribution in [0.4, 0.5) is 12.9 Å². The van der Waals surface area contributed by atoms with E-state index < -0.39 is 12.4 Å². The molecule has 1 fully saturated rings. The third kappa shape index (κ3) is 3.42. The lowest BCUT2D eigenvalue weighted by molar-refractivity contribution is 0.246. The van der Waals surface area contributed by atoms with E-state index in [-0.39, 0.29) is 6.54 Å². The van der Waals surface area contributed by atoms with Crippen LogP contribution in [0.3, 0.4) is 0 Å². The van der Waals surface area contributed by atoms with Crippen molar-refractivity contribution < 1.29 is 12.9 Å². The molecule has 0 aliphatic carbocycles. The van der Waals surface area contributed by atoms with Gasteiger partial charge in [-0.05, 0) is 32.5 Å². The highest BCUT2D eigenvalue weighted by molar-refractivity contribution is 6.66. The standard InChI is InChI=1S/C8H14BF3N/c1-8(9(10,11)12)7-13-5-3-2-4-6-13/h1-7H2/q-1. The first-order valence-corrected chi connectivity index (χ1v) is 4.60. The minimum Gasteiger partial charge on any atom is -0.445 e. The van der Waals surface area contributed by atoms with Crippen molar-refractivity contribution in [2.45, 2.75) is 19.3 Å². The molecule has 0 radical (unpaired) electrons. The molecule has 0 N–H and O–H groups in total. The van der Waals surface area contributed by atoms with Crippen LogP contribution in [0.2, 0.25) is 0 Å². The molecule has 13 heavy (non-hydrogen) atoms. The summed E-state index contributed by atoms with van der Waals surface area (Å²) < 4.78 is 36.4. The quantitative estimate of drug-likeness (QED) is 0.620. The molecular weight excluding hydrogens is 178 g/mol. The van der Waals surface area contributed by atoms with Crippen molar-refractivity contribution in [1.82, 2.24) is 4.90 Å². The first-order valence-electron chi connectivity index (χ1n) is 4.60. The molecule has 5 heteroatoms. The molecule has 1 aliphatic heterocycles. The molecule has 0 bridgehead atoms. The van der Waals surface area contributed by atoms with E-state index in [0.717, 1.165) is 32.4 Å². The van der Waals surface area contributed by atoms with Crippen molar-refractivity contribution in [2.75, 3.05) is 19.6 Å². The van der Waals surface area contributed by atoms with Crippen molar-refractivity contribution in [3.8, 4) is 0 Å². The minimum absolute atomic E-state index is 0.00347. The minimum atomic E-state index is -4.83. The lowest BCUT2D eigenvalue weighted by Crippen LogP contribution is -2.36. The second kappa shape index (κ2) is 4.18. The van der Waals surface area contributed by atoms with Gasteiger partial charge in [-0.1, -0.05) is 6.42 Å². The summed E-state index contributed by atoms with van der Waals surface area (Å²) in [5, 5.41) is 0. The summed E-state index contributed by atoms with van der Waals surface area (Å²) in [6.45, 7) is -0.184. The zero-order chi connectivity index (χ0) is 9.90. The average Bonchev–Trinajstić information content (AvgIpc) is 2.04. The predicted molar refractivity (Wildman–Crippen MR) is 48.5 cm³/mol. The molecule has 1 nitrogen and oxygen atoms in total. The second-order valence-electron chi connectivity index (χ2n) is 3.57. The average molecular weight is 192 g/mol. The van der Waals surface area contributed by atoms with Gasteiger partial charge in [0.05, 0.1) is 0 Å². The van der Waals surface area contributed by atoms with Crippen LogP contribution < -0.4 is 0 Å². The monoisotopic (exact) mass is 192 g/mol. The van der Waals surface area contributed by atoms with Crippen molar-refractivity contribution in [3.63, 3.8) is 0 Å². The Kier molecular flexibility index (Phi) is 3.42. The number of hydrogen-bond acceptors (Lipinski definition) is 1. The first-order chi connectivity index (χ1) is 6.00. The van der Waals surface area contributed by atoms with E-state index in [9.17, 15) is 12.9 Å². The van der Waals surface area contributed by atoms with Gasteiger partial charge in [0.2, 0.25) is 0 Å². The molecular formula is C8H14BF3N-. The van der Waals surface area contributed by atoms with Crippen LogP contribution in [0.15, 0.2) is 12.1 Å². The van der Waals surface area contributed by atoms with E-state index in [4.69, 9.17) is 0 Å². The SMILES string of the molecule is C=C(CN1CCCCC1)[B-](F)(F)F. The molecule has 0 aromatic heterocycles. The number of rotatable bonds is 3. The molecule has 0 saturated carbocycles. The lowest BCUT2D eigenvalue weighted by Gasteiger charge is -2.30. The lowest BCUT2D eigenvalue weighted by atomic mass is 9.80. The van der Waals surface area contributed by atoms with E-state index in [0.29, 0.717) is 0 Å². The van der Waals surface area contributed by atoms with Gasteiger partial charge in [-0.2, -0.15) is 0 Å². The zero-order valence-electron chi connectivity index (χ0n) is 7.61. The fourth-order valence-corrected chi connectivity index (χ4v) is 1.51. The second-order valence-corrected chi connectivity index (χ2v) is 3.57. The molecule has 1 rings (SSSR count). The molecule has 1 heterocycles. The Morgan fingerprint density at radius 1 is 1.15 bits per heavy atom. The summed E-state index contributed by atoms with van der Waals surface area (Å²) in [6, 6.07) is 0. The molecule has 0 spiro atoms. The van der Waals surface area contributed by atoms with Gasteiger partial charge in [-0.25, -0.2) is 0 Å². The Hall–Kier alpha value is -0.445. The van der Waals surface area contributed by atoms with E-state index in [1.54, 1.807) is 0 Å². The smallest absolute Gasteiger partial charge is 0.445 e. The normalized spacial score (nSPS) is 20.2. The van der Waals surface area contributed by atoms with Crippen molar-refractivity contribution in [3.05, 3.63) is 12.1 Å². The Bertz CT molecular complexity index is 184. The molecule has 76 valence electrons. The summed E-state index contributed by atoms with van der Waals surface area (Å²) in [4.78, 5) is 1.83. The van der Waals surface area contributed by atoms with Crippen molar-refractivity contribution in [1.29, 1.82) is 0 Å². The summed E-state index contributed by atoms with van der Waals surface area (Å²) in [6.07, 6.45) is 3.16. The molecule has 1 saturated heterocycles. The Balaban J connectivity index is 2.35. The van der Waals surface area contributed by atoms with Gasteiger partial charge in [0.25, 0.3) is 0 Å². The van der Waals surface area contributed by atoms with Crippen LogP contribution in [-0.2, 0) is 0 Å². The zero-order valence-corrected chi connectivity index (χ0v) is 7.61. The number of halogens is 3. The maximum atomic E-state index is 12.1. The van der Waals surface area contributed by atoms with E-state index >= 15 is 0 Å². The van der Waals surface area contributed by atoms with Crippen LogP contribution >= 0.6 is 0 Å². The third-order valence-electron chi connectivity index (χ3n) is 2.34. The maximum Gasteiger partial charge on any atom is 0.506 e. The predicted octanol–water partition coefficient (Wildman–Crippen LogP) is 2.42. The maximum absolute atomic E-state index is 12.1. The highest BCUT2D eigenvalue weighted by Crippen LogP contribution is 2.20. The summed E-state index contributed by atoms with van der Waals surface area (Å²) in [5.41, 5.74) is -0.568. The van der Waals surface area contributed by atoms with Gasteiger partial charge in [0.1, 0.15) is 0 Å². The summed E-state index contributed by atoms with van der Waals surface area (Å²) >= 11 is 0. The first kappa shape index (κ1) is 10.6. The van der Waals surface area contributed by atoms with Crippen LogP contribution in [0.5, 0.6) is 0 Å². The van der Waals surface area contributed by atoms with Crippen LogP contribution in [0.1, 0.15) is 19.3 Å². The van der Waals surface area contributed by atoms with Crippen LogP contribution in [-0.4, -0.2) is 31.5 Å². The molecule has 0 aromatic rings. The van der Waals surface area contributed by atoms with Gasteiger partial charge in [-0.15, -0.1) is 12.1 Å². The summed E-state index contributed by atoms with van der Waals surface area (Å²) in [5.74, 6) is 0. The van der Waals surface area contributed by atoms with Gasteiger partial charge >= 0.3 is 6.98 Å². The van der Waals surface area contributed by atoms with Gasteiger partial charge < -0.3 is 17.8 Å². The molecule has 0 unspecified atom stereocenters. The molecule has 0 aromatic carbocycles. The number of hydrogen-bond donors (Lipinski definition) is 0. The Morgan fingerprint density at radius 2 is 1.69 bits per heavy atom. The van der Waals surface area contributed by atoms with Crippen molar-refractivity contribution >= 4 is 6.98 Å². The third-order valence-corrected chi connectivity index (χ3v) is 2.34. The molecule has 0 amide bonds. The van der Waals surface area contributed by atoms with Crippen LogP contribution in [0.25, 0.3) is 0 Å². The number of nitrogens with zero attached hydrogens (tertiary/aromatic N) is 1. The van der Waals surface area contributed by atoms with Gasteiger partial charge in [0, 0.05) is 0 Å². The fourth-order valence-electron chi connectivity index (χ4n) is 1.51.